The van der Waals surface area contributed by atoms with Crippen LogP contribution in [0.2, 0.25) is 0 Å². The van der Waals surface area contributed by atoms with Gasteiger partial charge in [0.25, 0.3) is 5.91 Å². The summed E-state index contributed by atoms with van der Waals surface area (Å²) < 4.78 is 5.68. The lowest BCUT2D eigenvalue weighted by Gasteiger charge is -2.20. The molecule has 1 aromatic carbocycles. The molecule has 3 nitrogen and oxygen atoms in total. The third kappa shape index (κ3) is 1.96. The number of nitrogens with one attached hydrogen (secondary N) is 1. The summed E-state index contributed by atoms with van der Waals surface area (Å²) in [6.45, 7) is 4.68. The number of hydrogen-bond donors (Lipinski definition) is 1. The molecule has 1 N–H and O–H groups in total. The van der Waals surface area contributed by atoms with Crippen LogP contribution in [0.3, 0.4) is 0 Å². The highest BCUT2D eigenvalue weighted by Gasteiger charge is 2.19. The van der Waals surface area contributed by atoms with Crippen LogP contribution in [-0.2, 0) is 6.42 Å². The minimum atomic E-state index is 0.00505. The first-order valence-corrected chi connectivity index (χ1v) is 5.25. The molecule has 1 heterocycles. The van der Waals surface area contributed by atoms with Gasteiger partial charge in [-0.05, 0) is 32.4 Å². The van der Waals surface area contributed by atoms with Gasteiger partial charge in [-0.2, -0.15) is 0 Å². The largest absolute Gasteiger partial charge is 0.491 e. The average Bonchev–Trinajstić information content (AvgIpc) is 2.19. The average molecular weight is 205 g/mol. The summed E-state index contributed by atoms with van der Waals surface area (Å²) in [5.41, 5.74) is 1.79. The van der Waals surface area contributed by atoms with Gasteiger partial charge >= 0.3 is 0 Å². The van der Waals surface area contributed by atoms with Crippen molar-refractivity contribution >= 4 is 5.91 Å². The number of carbonyl (C=O) groups is 1. The summed E-state index contributed by atoms with van der Waals surface area (Å²) in [6, 6.07) is 5.63. The number of fused-ring (bicyclic) bond motifs is 1. The van der Waals surface area contributed by atoms with Crippen LogP contribution in [-0.4, -0.2) is 18.6 Å². The molecule has 0 aromatic heterocycles. The van der Waals surface area contributed by atoms with E-state index in [0.717, 1.165) is 23.3 Å². The van der Waals surface area contributed by atoms with Gasteiger partial charge < -0.3 is 10.1 Å². The zero-order valence-electron chi connectivity index (χ0n) is 9.04. The van der Waals surface area contributed by atoms with E-state index in [0.29, 0.717) is 6.54 Å². The number of rotatable bonds is 2. The van der Waals surface area contributed by atoms with E-state index in [4.69, 9.17) is 4.74 Å². The Balaban J connectivity index is 2.40. The Labute approximate surface area is 89.4 Å². The summed E-state index contributed by atoms with van der Waals surface area (Å²) in [4.78, 5) is 11.6. The third-order valence-corrected chi connectivity index (χ3v) is 2.40. The first-order valence-electron chi connectivity index (χ1n) is 5.25. The maximum absolute atomic E-state index is 11.6. The van der Waals surface area contributed by atoms with Crippen LogP contribution in [0.25, 0.3) is 0 Å². The summed E-state index contributed by atoms with van der Waals surface area (Å²) in [5, 5.41) is 2.82. The van der Waals surface area contributed by atoms with Gasteiger partial charge in [0.05, 0.1) is 6.10 Å². The summed E-state index contributed by atoms with van der Waals surface area (Å²) in [6.07, 6.45) is 0.991. The highest BCUT2D eigenvalue weighted by molar-refractivity contribution is 5.97. The fraction of sp³-hybridized carbons (Fsp3) is 0.417. The topological polar surface area (TPSA) is 38.3 Å². The van der Waals surface area contributed by atoms with Gasteiger partial charge in [-0.1, -0.05) is 6.07 Å². The van der Waals surface area contributed by atoms with E-state index in [1.807, 2.05) is 32.0 Å². The molecule has 80 valence electrons. The maximum atomic E-state index is 11.6. The smallest absolute Gasteiger partial charge is 0.251 e. The van der Waals surface area contributed by atoms with Crippen molar-refractivity contribution in [3.63, 3.8) is 0 Å². The minimum Gasteiger partial charge on any atom is -0.491 e. The lowest BCUT2D eigenvalue weighted by molar-refractivity contribution is 0.0944. The molecular formula is C12H15NO2. The first kappa shape index (κ1) is 10.0. The second-order valence-electron chi connectivity index (χ2n) is 3.95. The molecule has 0 unspecified atom stereocenters. The summed E-state index contributed by atoms with van der Waals surface area (Å²) in [5.74, 6) is 0.850. The van der Waals surface area contributed by atoms with Crippen LogP contribution in [0.5, 0.6) is 5.75 Å². The monoisotopic (exact) mass is 205 g/mol. The second kappa shape index (κ2) is 3.93. The molecule has 1 aliphatic heterocycles. The van der Waals surface area contributed by atoms with E-state index in [1.54, 1.807) is 0 Å². The van der Waals surface area contributed by atoms with E-state index in [9.17, 15) is 4.79 Å². The lowest BCUT2D eigenvalue weighted by Crippen LogP contribution is -2.32. The molecule has 0 fully saturated rings. The van der Waals surface area contributed by atoms with Crippen LogP contribution in [0, 0.1) is 0 Å². The molecule has 0 bridgehead atoms. The SMILES string of the molecule is CC(C)Oc1cccc2c1CCNC2=O. The van der Waals surface area contributed by atoms with Crippen LogP contribution in [0.1, 0.15) is 29.8 Å². The van der Waals surface area contributed by atoms with E-state index in [2.05, 4.69) is 5.32 Å². The molecule has 0 saturated carbocycles. The van der Waals surface area contributed by atoms with Gasteiger partial charge in [-0.3, -0.25) is 4.79 Å². The Bertz CT molecular complexity index is 385. The number of carbonyl (C=O) groups excluding carboxylic acids is 1. The molecule has 15 heavy (non-hydrogen) atoms. The predicted molar refractivity (Wildman–Crippen MR) is 58.2 cm³/mol. The Morgan fingerprint density at radius 2 is 2.20 bits per heavy atom. The van der Waals surface area contributed by atoms with Gasteiger partial charge in [-0.25, -0.2) is 0 Å². The second-order valence-corrected chi connectivity index (χ2v) is 3.95. The molecule has 1 aliphatic rings. The maximum Gasteiger partial charge on any atom is 0.251 e. The van der Waals surface area contributed by atoms with Crippen LogP contribution < -0.4 is 10.1 Å². The standard InChI is InChI=1S/C12H15NO2/c1-8(2)15-11-5-3-4-10-9(11)6-7-13-12(10)14/h3-5,8H,6-7H2,1-2H3,(H,13,14). The zero-order valence-corrected chi connectivity index (χ0v) is 9.04. The van der Waals surface area contributed by atoms with E-state index < -0.39 is 0 Å². The number of hydrogen-bond acceptors (Lipinski definition) is 2. The molecule has 2 rings (SSSR count). The molecule has 1 aromatic rings. The molecule has 3 heteroatoms. The Morgan fingerprint density at radius 1 is 1.40 bits per heavy atom. The Hall–Kier alpha value is -1.51. The highest BCUT2D eigenvalue weighted by Crippen LogP contribution is 2.25. The zero-order chi connectivity index (χ0) is 10.8. The van der Waals surface area contributed by atoms with Gasteiger partial charge in [0.15, 0.2) is 0 Å². The fourth-order valence-electron chi connectivity index (χ4n) is 1.80. The van der Waals surface area contributed by atoms with E-state index in [1.165, 1.54) is 0 Å². The summed E-state index contributed by atoms with van der Waals surface area (Å²) in [7, 11) is 0. The van der Waals surface area contributed by atoms with E-state index >= 15 is 0 Å². The van der Waals surface area contributed by atoms with Crippen molar-refractivity contribution in [1.29, 1.82) is 0 Å². The molecule has 0 atom stereocenters. The third-order valence-electron chi connectivity index (χ3n) is 2.40. The van der Waals surface area contributed by atoms with Gasteiger partial charge in [0, 0.05) is 17.7 Å². The van der Waals surface area contributed by atoms with Gasteiger partial charge in [-0.15, -0.1) is 0 Å². The molecule has 0 aliphatic carbocycles. The van der Waals surface area contributed by atoms with E-state index in [-0.39, 0.29) is 12.0 Å². The number of benzene rings is 1. The normalized spacial score (nSPS) is 14.7. The van der Waals surface area contributed by atoms with Crippen molar-refractivity contribution < 1.29 is 9.53 Å². The van der Waals surface area contributed by atoms with Gasteiger partial charge in [0.2, 0.25) is 0 Å². The number of ether oxygens (including phenoxy) is 1. The summed E-state index contributed by atoms with van der Waals surface area (Å²) >= 11 is 0. The van der Waals surface area contributed by atoms with Crippen molar-refractivity contribution in [2.24, 2.45) is 0 Å². The molecule has 1 amide bonds. The lowest BCUT2D eigenvalue weighted by atomic mass is 9.99. The van der Waals surface area contributed by atoms with Gasteiger partial charge in [0.1, 0.15) is 5.75 Å². The highest BCUT2D eigenvalue weighted by atomic mass is 16.5. The Kier molecular flexibility index (Phi) is 2.62. The van der Waals surface area contributed by atoms with Crippen LogP contribution >= 0.6 is 0 Å². The van der Waals surface area contributed by atoms with Crippen LogP contribution in [0.15, 0.2) is 18.2 Å². The molecule has 0 saturated heterocycles. The van der Waals surface area contributed by atoms with Crippen molar-refractivity contribution in [3.8, 4) is 5.75 Å². The molecule has 0 radical (unpaired) electrons. The van der Waals surface area contributed by atoms with Crippen molar-refractivity contribution in [1.82, 2.24) is 5.32 Å². The first-order chi connectivity index (χ1) is 7.18. The van der Waals surface area contributed by atoms with Crippen LogP contribution in [0.4, 0.5) is 0 Å². The van der Waals surface area contributed by atoms with Crippen molar-refractivity contribution in [2.45, 2.75) is 26.4 Å². The van der Waals surface area contributed by atoms with Crippen molar-refractivity contribution in [2.75, 3.05) is 6.54 Å². The molecular weight excluding hydrogens is 190 g/mol. The Morgan fingerprint density at radius 3 is 2.93 bits per heavy atom. The quantitative estimate of drug-likeness (QED) is 0.799. The number of amides is 1. The predicted octanol–water partition coefficient (Wildman–Crippen LogP) is 1.76. The fourth-order valence-corrected chi connectivity index (χ4v) is 1.80. The molecule has 0 spiro atoms. The van der Waals surface area contributed by atoms with Crippen molar-refractivity contribution in [3.05, 3.63) is 29.3 Å². The minimum absolute atomic E-state index is 0.00505.